The van der Waals surface area contributed by atoms with Crippen LogP contribution < -0.4 is 4.74 Å². The molecule has 2 aromatic rings. The first-order chi connectivity index (χ1) is 13.9. The van der Waals surface area contributed by atoms with Crippen molar-refractivity contribution in [3.63, 3.8) is 0 Å². The summed E-state index contributed by atoms with van der Waals surface area (Å²) >= 11 is 2.64. The number of carbonyl (C=O) groups is 2. The first-order valence-electron chi connectivity index (χ1n) is 9.52. The molecule has 4 nitrogen and oxygen atoms in total. The van der Waals surface area contributed by atoms with E-state index in [1.165, 1.54) is 4.90 Å². The van der Waals surface area contributed by atoms with Crippen molar-refractivity contribution in [1.29, 1.82) is 0 Å². The molecule has 0 aliphatic carbocycles. The van der Waals surface area contributed by atoms with E-state index < -0.39 is 0 Å². The van der Waals surface area contributed by atoms with Crippen molar-refractivity contribution in [2.75, 3.05) is 19.4 Å². The molecule has 1 saturated heterocycles. The van der Waals surface area contributed by atoms with Crippen LogP contribution in [-0.4, -0.2) is 35.5 Å². The van der Waals surface area contributed by atoms with Gasteiger partial charge in [0, 0.05) is 4.90 Å². The molecule has 29 heavy (non-hydrogen) atoms. The molecule has 1 aliphatic heterocycles. The van der Waals surface area contributed by atoms with E-state index in [1.54, 1.807) is 17.8 Å². The molecule has 6 heteroatoms. The Hall–Kier alpha value is -2.18. The lowest BCUT2D eigenvalue weighted by Gasteiger charge is -2.17. The van der Waals surface area contributed by atoms with Gasteiger partial charge in [-0.3, -0.25) is 14.5 Å². The summed E-state index contributed by atoms with van der Waals surface area (Å²) in [6, 6.07) is 14.0. The van der Waals surface area contributed by atoms with E-state index in [9.17, 15) is 9.59 Å². The molecule has 2 amide bonds. The molecule has 0 saturated carbocycles. The summed E-state index contributed by atoms with van der Waals surface area (Å²) in [4.78, 5) is 27.9. The minimum absolute atomic E-state index is 0.235. The third-order valence-corrected chi connectivity index (χ3v) is 6.30. The SMILES string of the molecule is CSc1ccc(/C=C2\SC(=O)N(CCOc3cc(C)ccc3C(C)C)C2=O)cc1. The van der Waals surface area contributed by atoms with Crippen molar-refractivity contribution in [3.8, 4) is 5.75 Å². The van der Waals surface area contributed by atoms with Gasteiger partial charge < -0.3 is 4.74 Å². The summed E-state index contributed by atoms with van der Waals surface area (Å²) in [5, 5.41) is -0.251. The predicted molar refractivity (Wildman–Crippen MR) is 122 cm³/mol. The maximum atomic E-state index is 12.7. The molecule has 0 N–H and O–H groups in total. The third-order valence-electron chi connectivity index (χ3n) is 4.65. The first kappa shape index (κ1) is 21.5. The van der Waals surface area contributed by atoms with Crippen LogP contribution in [-0.2, 0) is 4.79 Å². The van der Waals surface area contributed by atoms with Crippen molar-refractivity contribution in [3.05, 3.63) is 64.1 Å². The van der Waals surface area contributed by atoms with Gasteiger partial charge >= 0.3 is 0 Å². The van der Waals surface area contributed by atoms with Crippen LogP contribution >= 0.6 is 23.5 Å². The van der Waals surface area contributed by atoms with Crippen LogP contribution in [0.25, 0.3) is 6.08 Å². The van der Waals surface area contributed by atoms with E-state index in [1.807, 2.05) is 43.5 Å². The number of imide groups is 1. The molecule has 0 bridgehead atoms. The molecule has 1 heterocycles. The second-order valence-electron chi connectivity index (χ2n) is 7.15. The van der Waals surface area contributed by atoms with Gasteiger partial charge in [-0.15, -0.1) is 11.8 Å². The van der Waals surface area contributed by atoms with Crippen LogP contribution in [0.4, 0.5) is 4.79 Å². The fraction of sp³-hybridized carbons (Fsp3) is 0.304. The number of benzene rings is 2. The Balaban J connectivity index is 1.65. The zero-order chi connectivity index (χ0) is 21.0. The molecule has 1 aliphatic rings. The van der Waals surface area contributed by atoms with Crippen LogP contribution in [0.2, 0.25) is 0 Å². The number of aryl methyl sites for hydroxylation is 1. The molecule has 152 valence electrons. The molecular weight excluding hydrogens is 402 g/mol. The zero-order valence-electron chi connectivity index (χ0n) is 17.1. The number of ether oxygens (including phenoxy) is 1. The summed E-state index contributed by atoms with van der Waals surface area (Å²) in [6.45, 7) is 6.76. The number of thioether (sulfide) groups is 2. The van der Waals surface area contributed by atoms with E-state index in [-0.39, 0.29) is 24.3 Å². The highest BCUT2D eigenvalue weighted by atomic mass is 32.2. The number of rotatable bonds is 7. The van der Waals surface area contributed by atoms with Gasteiger partial charge in [-0.1, -0.05) is 38.1 Å². The van der Waals surface area contributed by atoms with Crippen molar-refractivity contribution < 1.29 is 14.3 Å². The Bertz CT molecular complexity index is 936. The first-order valence-corrected chi connectivity index (χ1v) is 11.6. The Morgan fingerprint density at radius 3 is 2.52 bits per heavy atom. The van der Waals surface area contributed by atoms with Crippen molar-refractivity contribution >= 4 is 40.7 Å². The van der Waals surface area contributed by atoms with Gasteiger partial charge in [-0.25, -0.2) is 0 Å². The third kappa shape index (κ3) is 5.25. The molecular formula is C23H25NO3S2. The Morgan fingerprint density at radius 2 is 1.86 bits per heavy atom. The summed E-state index contributed by atoms with van der Waals surface area (Å²) in [5.74, 6) is 0.894. The van der Waals surface area contributed by atoms with E-state index in [4.69, 9.17) is 4.74 Å². The topological polar surface area (TPSA) is 46.6 Å². The quantitative estimate of drug-likeness (QED) is 0.403. The van der Waals surface area contributed by atoms with E-state index in [0.717, 1.165) is 39.1 Å². The lowest BCUT2D eigenvalue weighted by atomic mass is 10.0. The van der Waals surface area contributed by atoms with Gasteiger partial charge in [0.2, 0.25) is 0 Å². The Labute approximate surface area is 180 Å². The molecule has 2 aromatic carbocycles. The van der Waals surface area contributed by atoms with Gasteiger partial charge in [-0.2, -0.15) is 0 Å². The van der Waals surface area contributed by atoms with E-state index in [0.29, 0.717) is 10.8 Å². The maximum absolute atomic E-state index is 12.7. The van der Waals surface area contributed by atoms with Gasteiger partial charge in [0.1, 0.15) is 12.4 Å². The normalized spacial score (nSPS) is 15.6. The fourth-order valence-electron chi connectivity index (χ4n) is 3.03. The molecule has 0 radical (unpaired) electrons. The monoisotopic (exact) mass is 427 g/mol. The molecule has 3 rings (SSSR count). The van der Waals surface area contributed by atoms with Gasteiger partial charge in [0.25, 0.3) is 11.1 Å². The van der Waals surface area contributed by atoms with Crippen LogP contribution in [0, 0.1) is 6.92 Å². The lowest BCUT2D eigenvalue weighted by molar-refractivity contribution is -0.123. The highest BCUT2D eigenvalue weighted by Crippen LogP contribution is 2.33. The molecule has 0 unspecified atom stereocenters. The van der Waals surface area contributed by atoms with Crippen molar-refractivity contribution in [2.24, 2.45) is 0 Å². The van der Waals surface area contributed by atoms with Gasteiger partial charge in [0.05, 0.1) is 11.4 Å². The fourth-order valence-corrected chi connectivity index (χ4v) is 4.31. The highest BCUT2D eigenvalue weighted by Gasteiger charge is 2.34. The Kier molecular flexibility index (Phi) is 7.09. The summed E-state index contributed by atoms with van der Waals surface area (Å²) in [7, 11) is 0. The van der Waals surface area contributed by atoms with Crippen LogP contribution in [0.1, 0.15) is 36.5 Å². The molecule has 0 spiro atoms. The van der Waals surface area contributed by atoms with Gasteiger partial charge in [0.15, 0.2) is 0 Å². The molecule has 0 aromatic heterocycles. The van der Waals surface area contributed by atoms with Crippen molar-refractivity contribution in [2.45, 2.75) is 31.6 Å². The second-order valence-corrected chi connectivity index (χ2v) is 9.02. The number of nitrogens with zero attached hydrogens (tertiary/aromatic N) is 1. The number of carbonyl (C=O) groups excluding carboxylic acids is 2. The van der Waals surface area contributed by atoms with Crippen LogP contribution in [0.5, 0.6) is 5.75 Å². The maximum Gasteiger partial charge on any atom is 0.293 e. The Morgan fingerprint density at radius 1 is 1.14 bits per heavy atom. The predicted octanol–water partition coefficient (Wildman–Crippen LogP) is 5.96. The number of hydrogen-bond acceptors (Lipinski definition) is 5. The van der Waals surface area contributed by atoms with Gasteiger partial charge in [-0.05, 0) is 71.8 Å². The molecule has 0 atom stereocenters. The smallest absolute Gasteiger partial charge is 0.293 e. The zero-order valence-corrected chi connectivity index (χ0v) is 18.7. The lowest BCUT2D eigenvalue weighted by Crippen LogP contribution is -2.32. The molecule has 1 fully saturated rings. The van der Waals surface area contributed by atoms with E-state index in [2.05, 4.69) is 26.0 Å². The minimum Gasteiger partial charge on any atom is -0.491 e. The number of amides is 2. The average molecular weight is 428 g/mol. The summed E-state index contributed by atoms with van der Waals surface area (Å²) < 4.78 is 5.94. The highest BCUT2D eigenvalue weighted by molar-refractivity contribution is 8.18. The van der Waals surface area contributed by atoms with Crippen molar-refractivity contribution in [1.82, 2.24) is 4.90 Å². The second kappa shape index (κ2) is 9.55. The van der Waals surface area contributed by atoms with Crippen LogP contribution in [0.3, 0.4) is 0 Å². The summed E-state index contributed by atoms with van der Waals surface area (Å²) in [5.41, 5.74) is 3.15. The largest absolute Gasteiger partial charge is 0.491 e. The number of hydrogen-bond donors (Lipinski definition) is 0. The summed E-state index contributed by atoms with van der Waals surface area (Å²) in [6.07, 6.45) is 3.79. The average Bonchev–Trinajstić information content (AvgIpc) is 2.95. The van der Waals surface area contributed by atoms with Crippen LogP contribution in [0.15, 0.2) is 52.3 Å². The van der Waals surface area contributed by atoms with E-state index >= 15 is 0 Å². The minimum atomic E-state index is -0.258. The standard InChI is InChI=1S/C23H25NO3S2/c1-15(2)19-10-5-16(3)13-20(19)27-12-11-24-22(25)21(29-23(24)26)14-17-6-8-18(28-4)9-7-17/h5-10,13-15H,11-12H2,1-4H3/b21-14-.